The first-order valence-corrected chi connectivity index (χ1v) is 8.98. The molecule has 3 aromatic rings. The van der Waals surface area contributed by atoms with Crippen LogP contribution in [0.4, 0.5) is 0 Å². The van der Waals surface area contributed by atoms with Crippen molar-refractivity contribution in [3.8, 4) is 22.6 Å². The van der Waals surface area contributed by atoms with E-state index in [0.29, 0.717) is 11.8 Å². The van der Waals surface area contributed by atoms with E-state index in [2.05, 4.69) is 28.8 Å². The molecule has 1 atom stereocenters. The Kier molecular flexibility index (Phi) is 5.56. The van der Waals surface area contributed by atoms with Gasteiger partial charge in [0.1, 0.15) is 12.1 Å². The number of aromatic nitrogens is 3. The van der Waals surface area contributed by atoms with Crippen LogP contribution in [0.25, 0.3) is 22.6 Å². The number of rotatable bonds is 7. The number of oxazole rings is 1. The van der Waals surface area contributed by atoms with Crippen molar-refractivity contribution in [1.82, 2.24) is 15.0 Å². The molecule has 0 saturated carbocycles. The van der Waals surface area contributed by atoms with Crippen LogP contribution in [-0.2, 0) is 6.42 Å². The van der Waals surface area contributed by atoms with Gasteiger partial charge in [0.2, 0.25) is 5.89 Å². The minimum absolute atomic E-state index is 0.330. The average Bonchev–Trinajstić information content (AvgIpc) is 3.07. The van der Waals surface area contributed by atoms with Gasteiger partial charge in [-0.05, 0) is 49.8 Å². The Balaban J connectivity index is 1.73. The summed E-state index contributed by atoms with van der Waals surface area (Å²) in [5, 5.41) is 8.12. The summed E-state index contributed by atoms with van der Waals surface area (Å²) >= 11 is 0. The van der Waals surface area contributed by atoms with Crippen molar-refractivity contribution in [2.75, 3.05) is 0 Å². The highest BCUT2D eigenvalue weighted by Gasteiger charge is 2.14. The third-order valence-electron chi connectivity index (χ3n) is 4.76. The van der Waals surface area contributed by atoms with E-state index in [1.165, 1.54) is 6.33 Å². The minimum atomic E-state index is 0.330. The Morgan fingerprint density at radius 3 is 2.38 bits per heavy atom. The van der Waals surface area contributed by atoms with Crippen molar-refractivity contribution in [1.29, 1.82) is 5.41 Å². The zero-order chi connectivity index (χ0) is 18.5. The topological polar surface area (TPSA) is 75.7 Å². The molecule has 0 radical (unpaired) electrons. The molecule has 1 unspecified atom stereocenters. The van der Waals surface area contributed by atoms with Crippen LogP contribution in [0, 0.1) is 18.3 Å². The Morgan fingerprint density at radius 2 is 1.73 bits per heavy atom. The second-order valence-corrected chi connectivity index (χ2v) is 6.56. The number of benzene rings is 1. The van der Waals surface area contributed by atoms with Gasteiger partial charge in [-0.25, -0.2) is 15.0 Å². The van der Waals surface area contributed by atoms with Crippen molar-refractivity contribution in [3.05, 3.63) is 54.4 Å². The number of hydrogen-bond acceptors (Lipinski definition) is 5. The van der Waals surface area contributed by atoms with Gasteiger partial charge in [-0.3, -0.25) is 0 Å². The van der Waals surface area contributed by atoms with E-state index in [1.807, 2.05) is 31.2 Å². The quantitative estimate of drug-likeness (QED) is 0.602. The lowest BCUT2D eigenvalue weighted by atomic mass is 9.98. The first-order valence-electron chi connectivity index (χ1n) is 8.98. The summed E-state index contributed by atoms with van der Waals surface area (Å²) in [6, 6.07) is 8.04. The van der Waals surface area contributed by atoms with Gasteiger partial charge < -0.3 is 9.83 Å². The van der Waals surface area contributed by atoms with Crippen LogP contribution in [0.1, 0.15) is 38.1 Å². The molecule has 2 heterocycles. The van der Waals surface area contributed by atoms with Crippen LogP contribution < -0.4 is 0 Å². The van der Waals surface area contributed by atoms with Crippen LogP contribution in [-0.4, -0.2) is 20.7 Å². The number of hydrogen-bond donors (Lipinski definition) is 1. The lowest BCUT2D eigenvalue weighted by molar-refractivity contribution is 0.539. The monoisotopic (exact) mass is 348 g/mol. The fraction of sp³-hybridized carbons (Fsp3) is 0.333. The highest BCUT2D eigenvalue weighted by Crippen LogP contribution is 2.26. The van der Waals surface area contributed by atoms with Gasteiger partial charge in [0.15, 0.2) is 0 Å². The Labute approximate surface area is 154 Å². The normalized spacial score (nSPS) is 12.1. The number of nitrogens with zero attached hydrogens (tertiary/aromatic N) is 3. The summed E-state index contributed by atoms with van der Waals surface area (Å²) in [5.74, 6) is 1.79. The lowest BCUT2D eigenvalue weighted by Gasteiger charge is -2.09. The summed E-state index contributed by atoms with van der Waals surface area (Å²) in [6.45, 7) is 6.15. The molecule has 134 valence electrons. The SMILES string of the molecule is CCC(C)C(=N)CCc1nc(-c2ccc(-c3cncnc3)cc2)oc1C. The van der Waals surface area contributed by atoms with E-state index in [4.69, 9.17) is 9.83 Å². The zero-order valence-corrected chi connectivity index (χ0v) is 15.5. The highest BCUT2D eigenvalue weighted by molar-refractivity contribution is 5.83. The first-order chi connectivity index (χ1) is 12.6. The highest BCUT2D eigenvalue weighted by atomic mass is 16.4. The Morgan fingerprint density at radius 1 is 1.08 bits per heavy atom. The molecule has 0 spiro atoms. The summed E-state index contributed by atoms with van der Waals surface area (Å²) in [7, 11) is 0. The van der Waals surface area contributed by atoms with Gasteiger partial charge in [0, 0.05) is 29.2 Å². The summed E-state index contributed by atoms with van der Waals surface area (Å²) in [4.78, 5) is 12.8. The Hall–Kier alpha value is -2.82. The lowest BCUT2D eigenvalue weighted by Crippen LogP contribution is -2.10. The summed E-state index contributed by atoms with van der Waals surface area (Å²) < 4.78 is 5.86. The molecule has 0 saturated heterocycles. The third-order valence-corrected chi connectivity index (χ3v) is 4.76. The van der Waals surface area contributed by atoms with E-state index < -0.39 is 0 Å². The van der Waals surface area contributed by atoms with Gasteiger partial charge in [-0.2, -0.15) is 0 Å². The second-order valence-electron chi connectivity index (χ2n) is 6.56. The number of aryl methyl sites for hydroxylation is 2. The largest absolute Gasteiger partial charge is 0.441 e. The molecular weight excluding hydrogens is 324 g/mol. The van der Waals surface area contributed by atoms with E-state index in [0.717, 1.165) is 53.1 Å². The smallest absolute Gasteiger partial charge is 0.226 e. The number of nitrogens with one attached hydrogen (secondary N) is 1. The molecule has 26 heavy (non-hydrogen) atoms. The van der Waals surface area contributed by atoms with Crippen molar-refractivity contribution in [2.45, 2.75) is 40.0 Å². The fourth-order valence-corrected chi connectivity index (χ4v) is 2.78. The zero-order valence-electron chi connectivity index (χ0n) is 15.5. The summed E-state index contributed by atoms with van der Waals surface area (Å²) in [5.41, 5.74) is 4.70. The van der Waals surface area contributed by atoms with E-state index >= 15 is 0 Å². The van der Waals surface area contributed by atoms with Crippen molar-refractivity contribution >= 4 is 5.71 Å². The molecule has 1 aromatic carbocycles. The van der Waals surface area contributed by atoms with Gasteiger partial charge >= 0.3 is 0 Å². The van der Waals surface area contributed by atoms with Gasteiger partial charge in [0.05, 0.1) is 5.69 Å². The standard InChI is InChI=1S/C21H24N4O/c1-4-14(2)19(22)9-10-20-15(3)26-21(25-20)17-7-5-16(6-8-17)18-11-23-13-24-12-18/h5-8,11-14,22H,4,9-10H2,1-3H3. The van der Waals surface area contributed by atoms with E-state index in [-0.39, 0.29) is 0 Å². The molecule has 0 aliphatic heterocycles. The van der Waals surface area contributed by atoms with Gasteiger partial charge in [-0.1, -0.05) is 26.0 Å². The molecule has 0 bridgehead atoms. The van der Waals surface area contributed by atoms with Crippen LogP contribution in [0.5, 0.6) is 0 Å². The van der Waals surface area contributed by atoms with Crippen molar-refractivity contribution < 1.29 is 4.42 Å². The Bertz CT molecular complexity index is 869. The molecule has 5 nitrogen and oxygen atoms in total. The van der Waals surface area contributed by atoms with Crippen LogP contribution in [0.3, 0.4) is 0 Å². The molecule has 2 aromatic heterocycles. The predicted octanol–water partition coefficient (Wildman–Crippen LogP) is 5.11. The maximum absolute atomic E-state index is 8.12. The molecule has 0 amide bonds. The fourth-order valence-electron chi connectivity index (χ4n) is 2.78. The molecule has 3 rings (SSSR count). The second kappa shape index (κ2) is 8.04. The maximum atomic E-state index is 8.12. The molecule has 1 N–H and O–H groups in total. The maximum Gasteiger partial charge on any atom is 0.226 e. The summed E-state index contributed by atoms with van der Waals surface area (Å²) in [6.07, 6.45) is 7.59. The van der Waals surface area contributed by atoms with Crippen LogP contribution in [0.2, 0.25) is 0 Å². The van der Waals surface area contributed by atoms with Crippen LogP contribution >= 0.6 is 0 Å². The van der Waals surface area contributed by atoms with Crippen LogP contribution in [0.15, 0.2) is 47.4 Å². The van der Waals surface area contributed by atoms with Crippen molar-refractivity contribution in [2.24, 2.45) is 5.92 Å². The van der Waals surface area contributed by atoms with Crippen molar-refractivity contribution in [3.63, 3.8) is 0 Å². The third kappa shape index (κ3) is 4.04. The van der Waals surface area contributed by atoms with E-state index in [9.17, 15) is 0 Å². The molecule has 5 heteroatoms. The first kappa shape index (κ1) is 18.0. The molecule has 0 fully saturated rings. The molecule has 0 aliphatic rings. The predicted molar refractivity (Wildman–Crippen MR) is 103 cm³/mol. The minimum Gasteiger partial charge on any atom is -0.441 e. The molecular formula is C21H24N4O. The van der Waals surface area contributed by atoms with Gasteiger partial charge in [0.25, 0.3) is 0 Å². The average molecular weight is 348 g/mol. The van der Waals surface area contributed by atoms with Gasteiger partial charge in [-0.15, -0.1) is 0 Å². The molecule has 0 aliphatic carbocycles. The van der Waals surface area contributed by atoms with E-state index in [1.54, 1.807) is 12.4 Å².